The second kappa shape index (κ2) is 6.08. The molecule has 1 atom stereocenters. The van der Waals surface area contributed by atoms with Crippen LogP contribution in [0.5, 0.6) is 11.5 Å². The number of benzene rings is 1. The molecule has 1 aromatic heterocycles. The van der Waals surface area contributed by atoms with E-state index < -0.39 is 0 Å². The summed E-state index contributed by atoms with van der Waals surface area (Å²) < 4.78 is 10.6. The van der Waals surface area contributed by atoms with Crippen molar-refractivity contribution in [3.8, 4) is 11.5 Å². The summed E-state index contributed by atoms with van der Waals surface area (Å²) in [5.41, 5.74) is 2.48. The predicted octanol–water partition coefficient (Wildman–Crippen LogP) is 3.38. The first-order valence-electron chi connectivity index (χ1n) is 6.14. The molecule has 0 radical (unpaired) electrons. The van der Waals surface area contributed by atoms with Crippen LogP contribution in [0.15, 0.2) is 29.6 Å². The van der Waals surface area contributed by atoms with Crippen LogP contribution < -0.4 is 14.8 Å². The van der Waals surface area contributed by atoms with Crippen LogP contribution in [-0.2, 0) is 0 Å². The van der Waals surface area contributed by atoms with Gasteiger partial charge in [0.2, 0.25) is 0 Å². The number of rotatable bonds is 5. The number of ether oxygens (including phenoxy) is 2. The molecule has 1 heterocycles. The highest BCUT2D eigenvalue weighted by Crippen LogP contribution is 2.34. The highest BCUT2D eigenvalue weighted by molar-refractivity contribution is 7.10. The van der Waals surface area contributed by atoms with Gasteiger partial charge in [0, 0.05) is 4.88 Å². The summed E-state index contributed by atoms with van der Waals surface area (Å²) in [6, 6.07) is 8.37. The summed E-state index contributed by atoms with van der Waals surface area (Å²) in [4.78, 5) is 1.33. The van der Waals surface area contributed by atoms with Crippen LogP contribution in [0.2, 0.25) is 0 Å². The zero-order valence-electron chi connectivity index (χ0n) is 11.7. The van der Waals surface area contributed by atoms with E-state index in [2.05, 4.69) is 29.8 Å². The van der Waals surface area contributed by atoms with Gasteiger partial charge in [0.1, 0.15) is 0 Å². The van der Waals surface area contributed by atoms with E-state index in [1.807, 2.05) is 19.2 Å². The molecule has 0 bridgehead atoms. The summed E-state index contributed by atoms with van der Waals surface area (Å²) >= 11 is 1.77. The minimum absolute atomic E-state index is 0.180. The third kappa shape index (κ3) is 2.74. The first kappa shape index (κ1) is 13.9. The third-order valence-corrected chi connectivity index (χ3v) is 4.28. The normalized spacial score (nSPS) is 12.2. The summed E-state index contributed by atoms with van der Waals surface area (Å²) in [5, 5.41) is 5.49. The molecule has 102 valence electrons. The fraction of sp³-hybridized carbons (Fsp3) is 0.333. The molecule has 1 unspecified atom stereocenters. The van der Waals surface area contributed by atoms with E-state index in [1.165, 1.54) is 16.0 Å². The van der Waals surface area contributed by atoms with E-state index in [9.17, 15) is 0 Å². The standard InChI is InChI=1S/C15H19NO2S/c1-10-7-8-19-15(10)14(16-2)11-5-6-12(17-3)13(9-11)18-4/h5-9,14,16H,1-4H3. The first-order valence-corrected chi connectivity index (χ1v) is 7.02. The number of aryl methyl sites for hydroxylation is 1. The summed E-state index contributed by atoms with van der Waals surface area (Å²) in [6.45, 7) is 2.14. The van der Waals surface area contributed by atoms with Gasteiger partial charge in [-0.15, -0.1) is 11.3 Å². The Morgan fingerprint density at radius 2 is 1.84 bits per heavy atom. The van der Waals surface area contributed by atoms with Crippen molar-refractivity contribution >= 4 is 11.3 Å². The molecule has 0 fully saturated rings. The Hall–Kier alpha value is -1.52. The Balaban J connectivity index is 2.42. The number of nitrogens with one attached hydrogen (secondary N) is 1. The zero-order valence-corrected chi connectivity index (χ0v) is 12.5. The summed E-state index contributed by atoms with van der Waals surface area (Å²) in [5.74, 6) is 1.51. The van der Waals surface area contributed by atoms with E-state index >= 15 is 0 Å². The van der Waals surface area contributed by atoms with Crippen LogP contribution in [0, 0.1) is 6.92 Å². The Morgan fingerprint density at radius 3 is 2.37 bits per heavy atom. The monoisotopic (exact) mass is 277 g/mol. The molecule has 0 saturated carbocycles. The average molecular weight is 277 g/mol. The van der Waals surface area contributed by atoms with E-state index in [4.69, 9.17) is 9.47 Å². The third-order valence-electron chi connectivity index (χ3n) is 3.19. The zero-order chi connectivity index (χ0) is 13.8. The van der Waals surface area contributed by atoms with E-state index in [0.717, 1.165) is 11.5 Å². The largest absolute Gasteiger partial charge is 0.493 e. The van der Waals surface area contributed by atoms with Crippen molar-refractivity contribution in [3.63, 3.8) is 0 Å². The Bertz CT molecular complexity index is 551. The minimum atomic E-state index is 0.180. The molecule has 0 aliphatic heterocycles. The van der Waals surface area contributed by atoms with Crippen molar-refractivity contribution in [2.75, 3.05) is 21.3 Å². The van der Waals surface area contributed by atoms with Gasteiger partial charge in [0.05, 0.1) is 20.3 Å². The van der Waals surface area contributed by atoms with Crippen LogP contribution >= 0.6 is 11.3 Å². The second-order valence-electron chi connectivity index (χ2n) is 4.30. The number of thiophene rings is 1. The maximum absolute atomic E-state index is 5.37. The SMILES string of the molecule is CNC(c1ccc(OC)c(OC)c1)c1sccc1C. The molecule has 0 aliphatic rings. The maximum Gasteiger partial charge on any atom is 0.161 e. The quantitative estimate of drug-likeness (QED) is 0.909. The highest BCUT2D eigenvalue weighted by Gasteiger charge is 2.17. The molecule has 3 nitrogen and oxygen atoms in total. The lowest BCUT2D eigenvalue weighted by molar-refractivity contribution is 0.354. The Morgan fingerprint density at radius 1 is 1.11 bits per heavy atom. The fourth-order valence-corrected chi connectivity index (χ4v) is 3.22. The molecular weight excluding hydrogens is 258 g/mol. The second-order valence-corrected chi connectivity index (χ2v) is 5.25. The molecule has 19 heavy (non-hydrogen) atoms. The van der Waals surface area contributed by atoms with Crippen molar-refractivity contribution in [2.45, 2.75) is 13.0 Å². The van der Waals surface area contributed by atoms with Gasteiger partial charge in [-0.2, -0.15) is 0 Å². The van der Waals surface area contributed by atoms with Gasteiger partial charge >= 0.3 is 0 Å². The van der Waals surface area contributed by atoms with Crippen molar-refractivity contribution < 1.29 is 9.47 Å². The van der Waals surface area contributed by atoms with Gasteiger partial charge < -0.3 is 14.8 Å². The fourth-order valence-electron chi connectivity index (χ4n) is 2.16. The Labute approximate surface area is 118 Å². The van der Waals surface area contributed by atoms with Crippen molar-refractivity contribution in [1.82, 2.24) is 5.32 Å². The van der Waals surface area contributed by atoms with Crippen molar-refractivity contribution in [1.29, 1.82) is 0 Å². The molecule has 2 aromatic rings. The molecule has 2 rings (SSSR count). The number of hydrogen-bond acceptors (Lipinski definition) is 4. The van der Waals surface area contributed by atoms with E-state index in [0.29, 0.717) is 0 Å². The van der Waals surface area contributed by atoms with Gasteiger partial charge in [-0.05, 0) is 48.7 Å². The van der Waals surface area contributed by atoms with Gasteiger partial charge in [0.25, 0.3) is 0 Å². The topological polar surface area (TPSA) is 30.5 Å². The number of methoxy groups -OCH3 is 2. The molecule has 0 saturated heterocycles. The van der Waals surface area contributed by atoms with Gasteiger partial charge in [-0.1, -0.05) is 6.07 Å². The minimum Gasteiger partial charge on any atom is -0.493 e. The molecule has 4 heteroatoms. The van der Waals surface area contributed by atoms with Gasteiger partial charge in [-0.25, -0.2) is 0 Å². The summed E-state index contributed by atoms with van der Waals surface area (Å²) in [6.07, 6.45) is 0. The molecule has 0 aliphatic carbocycles. The van der Waals surface area contributed by atoms with Gasteiger partial charge in [0.15, 0.2) is 11.5 Å². The van der Waals surface area contributed by atoms with Crippen LogP contribution in [0.3, 0.4) is 0 Å². The van der Waals surface area contributed by atoms with E-state index in [-0.39, 0.29) is 6.04 Å². The average Bonchev–Trinajstić information content (AvgIpc) is 2.86. The predicted molar refractivity (Wildman–Crippen MR) is 79.5 cm³/mol. The summed E-state index contributed by atoms with van der Waals surface area (Å²) in [7, 11) is 5.28. The molecule has 0 spiro atoms. The van der Waals surface area contributed by atoms with Crippen LogP contribution in [0.25, 0.3) is 0 Å². The van der Waals surface area contributed by atoms with Crippen LogP contribution in [0.1, 0.15) is 22.0 Å². The first-order chi connectivity index (χ1) is 9.21. The number of hydrogen-bond donors (Lipinski definition) is 1. The van der Waals surface area contributed by atoms with Crippen molar-refractivity contribution in [3.05, 3.63) is 45.6 Å². The van der Waals surface area contributed by atoms with Crippen LogP contribution in [-0.4, -0.2) is 21.3 Å². The molecule has 1 aromatic carbocycles. The lowest BCUT2D eigenvalue weighted by Gasteiger charge is -2.18. The maximum atomic E-state index is 5.37. The molecular formula is C15H19NO2S. The van der Waals surface area contributed by atoms with E-state index in [1.54, 1.807) is 25.6 Å². The lowest BCUT2D eigenvalue weighted by Crippen LogP contribution is -2.17. The van der Waals surface area contributed by atoms with Crippen molar-refractivity contribution in [2.24, 2.45) is 0 Å². The lowest BCUT2D eigenvalue weighted by atomic mass is 10.0. The van der Waals surface area contributed by atoms with Gasteiger partial charge in [-0.3, -0.25) is 0 Å². The molecule has 1 N–H and O–H groups in total. The smallest absolute Gasteiger partial charge is 0.161 e. The Kier molecular flexibility index (Phi) is 4.45. The molecule has 0 amide bonds. The highest BCUT2D eigenvalue weighted by atomic mass is 32.1. The van der Waals surface area contributed by atoms with Crippen LogP contribution in [0.4, 0.5) is 0 Å².